The van der Waals surface area contributed by atoms with E-state index in [1.807, 2.05) is 24.5 Å². The zero-order chi connectivity index (χ0) is 14.2. The number of aromatic nitrogens is 2. The highest BCUT2D eigenvalue weighted by Crippen LogP contribution is 2.29. The van der Waals surface area contributed by atoms with Gasteiger partial charge >= 0.3 is 0 Å². The number of hydrogen-bond acceptors (Lipinski definition) is 2. The zero-order valence-electron chi connectivity index (χ0n) is 11.6. The highest BCUT2D eigenvalue weighted by Gasteiger charge is 2.20. The highest BCUT2D eigenvalue weighted by molar-refractivity contribution is 6.20. The van der Waals surface area contributed by atoms with Crippen LogP contribution in [0.15, 0.2) is 12.1 Å². The Kier molecular flexibility index (Phi) is 4.11. The second kappa shape index (κ2) is 5.47. The Labute approximate surface area is 117 Å². The van der Waals surface area contributed by atoms with Gasteiger partial charge in [-0.3, -0.25) is 0 Å². The maximum atomic E-state index is 13.6. The summed E-state index contributed by atoms with van der Waals surface area (Å²) in [7, 11) is 1.66. The van der Waals surface area contributed by atoms with Gasteiger partial charge in [0.2, 0.25) is 0 Å². The van der Waals surface area contributed by atoms with Crippen LogP contribution in [0.3, 0.4) is 0 Å². The van der Waals surface area contributed by atoms with Crippen molar-refractivity contribution in [3.63, 3.8) is 0 Å². The number of imidazole rings is 1. The number of methoxy groups -OCH3 is 1. The van der Waals surface area contributed by atoms with Crippen molar-refractivity contribution in [3.8, 4) is 0 Å². The fourth-order valence-electron chi connectivity index (χ4n) is 2.30. The van der Waals surface area contributed by atoms with E-state index in [4.69, 9.17) is 16.3 Å². The standard InChI is InChI=1S/C14H18ClFN2O/c1-8-5-13-12(6-11(8)16)17-14(10(3)15)18(13)9(2)7-19-4/h5-6,9-10H,7H2,1-4H3. The van der Waals surface area contributed by atoms with E-state index in [9.17, 15) is 4.39 Å². The minimum absolute atomic E-state index is 0.0936. The van der Waals surface area contributed by atoms with Gasteiger partial charge in [0.15, 0.2) is 0 Å². The average molecular weight is 285 g/mol. The van der Waals surface area contributed by atoms with Crippen LogP contribution in [0.5, 0.6) is 0 Å². The molecule has 0 aliphatic rings. The van der Waals surface area contributed by atoms with Gasteiger partial charge < -0.3 is 9.30 Å². The number of nitrogens with zero attached hydrogens (tertiary/aromatic N) is 2. The van der Waals surface area contributed by atoms with E-state index in [-0.39, 0.29) is 17.2 Å². The molecule has 1 aromatic carbocycles. The third kappa shape index (κ3) is 2.60. The van der Waals surface area contributed by atoms with Crippen LogP contribution >= 0.6 is 11.6 Å². The van der Waals surface area contributed by atoms with Crippen molar-refractivity contribution in [2.24, 2.45) is 0 Å². The molecular weight excluding hydrogens is 267 g/mol. The van der Waals surface area contributed by atoms with E-state index in [1.165, 1.54) is 6.07 Å². The summed E-state index contributed by atoms with van der Waals surface area (Å²) in [5, 5.41) is -0.241. The van der Waals surface area contributed by atoms with Crippen LogP contribution in [0.25, 0.3) is 11.0 Å². The number of hydrogen-bond donors (Lipinski definition) is 0. The SMILES string of the molecule is COCC(C)n1c(C(C)Cl)nc2cc(F)c(C)cc21. The predicted molar refractivity (Wildman–Crippen MR) is 75.3 cm³/mol. The highest BCUT2D eigenvalue weighted by atomic mass is 35.5. The van der Waals surface area contributed by atoms with Crippen molar-refractivity contribution in [1.82, 2.24) is 9.55 Å². The van der Waals surface area contributed by atoms with Crippen molar-refractivity contribution in [2.75, 3.05) is 13.7 Å². The first-order chi connectivity index (χ1) is 8.95. The summed E-state index contributed by atoms with van der Waals surface area (Å²) in [5.41, 5.74) is 2.13. The van der Waals surface area contributed by atoms with E-state index in [1.54, 1.807) is 14.0 Å². The lowest BCUT2D eigenvalue weighted by Crippen LogP contribution is -2.14. The van der Waals surface area contributed by atoms with Crippen molar-refractivity contribution >= 4 is 22.6 Å². The molecule has 5 heteroatoms. The summed E-state index contributed by atoms with van der Waals surface area (Å²) in [4.78, 5) is 4.45. The van der Waals surface area contributed by atoms with Crippen LogP contribution in [-0.4, -0.2) is 23.3 Å². The molecule has 1 heterocycles. The molecule has 0 spiro atoms. The quantitative estimate of drug-likeness (QED) is 0.794. The van der Waals surface area contributed by atoms with Crippen LogP contribution < -0.4 is 0 Å². The molecule has 0 aliphatic heterocycles. The Balaban J connectivity index is 2.69. The average Bonchev–Trinajstić information content (AvgIpc) is 2.69. The van der Waals surface area contributed by atoms with Gasteiger partial charge in [0.25, 0.3) is 0 Å². The van der Waals surface area contributed by atoms with Gasteiger partial charge in [-0.1, -0.05) is 0 Å². The minimum Gasteiger partial charge on any atom is -0.383 e. The lowest BCUT2D eigenvalue weighted by Gasteiger charge is -2.18. The van der Waals surface area contributed by atoms with E-state index >= 15 is 0 Å². The number of ether oxygens (including phenoxy) is 1. The molecule has 3 nitrogen and oxygen atoms in total. The molecule has 0 aliphatic carbocycles. The number of halogens is 2. The van der Waals surface area contributed by atoms with Gasteiger partial charge in [-0.15, -0.1) is 11.6 Å². The molecule has 19 heavy (non-hydrogen) atoms. The zero-order valence-corrected chi connectivity index (χ0v) is 12.3. The first-order valence-corrected chi connectivity index (χ1v) is 6.70. The number of alkyl halides is 1. The molecule has 0 saturated heterocycles. The van der Waals surface area contributed by atoms with E-state index in [0.717, 1.165) is 11.3 Å². The molecule has 0 amide bonds. The smallest absolute Gasteiger partial charge is 0.128 e. The molecule has 2 unspecified atom stereocenters. The second-order valence-electron chi connectivity index (χ2n) is 4.85. The van der Waals surface area contributed by atoms with Gasteiger partial charge in [-0.05, 0) is 32.4 Å². The van der Waals surface area contributed by atoms with Crippen LogP contribution in [0, 0.1) is 12.7 Å². The molecule has 2 aromatic rings. The second-order valence-corrected chi connectivity index (χ2v) is 5.51. The van der Waals surface area contributed by atoms with Gasteiger partial charge in [-0.25, -0.2) is 9.37 Å². The Hall–Kier alpha value is -1.13. The third-order valence-electron chi connectivity index (χ3n) is 3.20. The van der Waals surface area contributed by atoms with Gasteiger partial charge in [0.1, 0.15) is 11.6 Å². The molecule has 0 N–H and O–H groups in total. The summed E-state index contributed by atoms with van der Waals surface area (Å²) < 4.78 is 20.9. The van der Waals surface area contributed by atoms with Crippen molar-refractivity contribution in [2.45, 2.75) is 32.2 Å². The third-order valence-corrected chi connectivity index (χ3v) is 3.40. The lowest BCUT2D eigenvalue weighted by molar-refractivity contribution is 0.162. The minimum atomic E-state index is -0.245. The Morgan fingerprint density at radius 2 is 2.11 bits per heavy atom. The molecule has 2 rings (SSSR count). The van der Waals surface area contributed by atoms with E-state index in [2.05, 4.69) is 4.98 Å². The van der Waals surface area contributed by atoms with Crippen LogP contribution in [0.1, 0.15) is 36.7 Å². The fraction of sp³-hybridized carbons (Fsp3) is 0.500. The lowest BCUT2D eigenvalue weighted by atomic mass is 10.2. The number of rotatable bonds is 4. The summed E-state index contributed by atoms with van der Waals surface area (Å²) in [5.74, 6) is 0.497. The molecule has 0 saturated carbocycles. The normalized spacial score (nSPS) is 14.8. The van der Waals surface area contributed by atoms with Gasteiger partial charge in [0, 0.05) is 13.2 Å². The molecule has 0 bridgehead atoms. The summed E-state index contributed by atoms with van der Waals surface area (Å²) in [6.45, 7) is 6.20. The van der Waals surface area contributed by atoms with Gasteiger partial charge in [-0.2, -0.15) is 0 Å². The van der Waals surface area contributed by atoms with E-state index < -0.39 is 0 Å². The van der Waals surface area contributed by atoms with Crippen molar-refractivity contribution < 1.29 is 9.13 Å². The fourth-order valence-corrected chi connectivity index (χ4v) is 2.45. The first-order valence-electron chi connectivity index (χ1n) is 6.26. The van der Waals surface area contributed by atoms with Crippen LogP contribution in [-0.2, 0) is 4.74 Å². The number of fused-ring (bicyclic) bond motifs is 1. The topological polar surface area (TPSA) is 27.1 Å². The maximum Gasteiger partial charge on any atom is 0.128 e. The molecule has 2 atom stereocenters. The Morgan fingerprint density at radius 3 is 2.68 bits per heavy atom. The molecule has 104 valence electrons. The van der Waals surface area contributed by atoms with Crippen molar-refractivity contribution in [3.05, 3.63) is 29.3 Å². The Morgan fingerprint density at radius 1 is 1.42 bits per heavy atom. The molecule has 0 fully saturated rings. The Bertz CT molecular complexity index is 595. The van der Waals surface area contributed by atoms with Crippen LogP contribution in [0.2, 0.25) is 0 Å². The molecule has 1 aromatic heterocycles. The summed E-state index contributed by atoms with van der Waals surface area (Å²) >= 11 is 6.19. The maximum absolute atomic E-state index is 13.6. The molecular formula is C14H18ClFN2O. The first kappa shape index (κ1) is 14.3. The van der Waals surface area contributed by atoms with Crippen LogP contribution in [0.4, 0.5) is 4.39 Å². The van der Waals surface area contributed by atoms with E-state index in [0.29, 0.717) is 17.7 Å². The summed E-state index contributed by atoms with van der Waals surface area (Å²) in [6, 6.07) is 3.37. The monoisotopic (exact) mass is 284 g/mol. The number of aryl methyl sites for hydroxylation is 1. The predicted octanol–water partition coefficient (Wildman–Crippen LogP) is 3.99. The molecule has 0 radical (unpaired) electrons. The number of benzene rings is 1. The largest absolute Gasteiger partial charge is 0.383 e. The summed E-state index contributed by atoms with van der Waals surface area (Å²) in [6.07, 6.45) is 0. The van der Waals surface area contributed by atoms with Gasteiger partial charge in [0.05, 0.1) is 29.1 Å². The van der Waals surface area contributed by atoms with Crippen molar-refractivity contribution in [1.29, 1.82) is 0 Å².